The number of nitrogens with one attached hydrogen (secondary N) is 1. The molecule has 25 heavy (non-hydrogen) atoms. The predicted molar refractivity (Wildman–Crippen MR) is 103 cm³/mol. The van der Waals surface area contributed by atoms with Gasteiger partial charge in [0.15, 0.2) is 0 Å². The van der Waals surface area contributed by atoms with Crippen LogP contribution in [-0.4, -0.2) is 23.3 Å². The molecule has 0 saturated heterocycles. The summed E-state index contributed by atoms with van der Waals surface area (Å²) in [6, 6.07) is 19.7. The van der Waals surface area contributed by atoms with Crippen molar-refractivity contribution in [3.8, 4) is 0 Å². The summed E-state index contributed by atoms with van der Waals surface area (Å²) in [5.41, 5.74) is 3.13. The lowest BCUT2D eigenvalue weighted by Crippen LogP contribution is -2.30. The lowest BCUT2D eigenvalue weighted by molar-refractivity contribution is 0.218. The molecule has 2 aromatic rings. The van der Waals surface area contributed by atoms with Gasteiger partial charge in [0.05, 0.1) is 6.54 Å². The van der Waals surface area contributed by atoms with E-state index in [-0.39, 0.29) is 11.9 Å². The maximum atomic E-state index is 12.6. The molecule has 1 N–H and O–H groups in total. The zero-order valence-electron chi connectivity index (χ0n) is 14.7. The number of unbranched alkanes of at least 4 members (excludes halogenated alkanes) is 2. The second-order valence-corrected chi connectivity index (χ2v) is 6.39. The molecule has 130 valence electrons. The molecule has 0 saturated carbocycles. The summed E-state index contributed by atoms with van der Waals surface area (Å²) in [7, 11) is 0. The van der Waals surface area contributed by atoms with E-state index < -0.39 is 0 Å². The van der Waals surface area contributed by atoms with Crippen LogP contribution in [0, 0.1) is 0 Å². The van der Waals surface area contributed by atoms with E-state index in [1.165, 1.54) is 18.4 Å². The van der Waals surface area contributed by atoms with Crippen molar-refractivity contribution in [3.05, 3.63) is 66.2 Å². The van der Waals surface area contributed by atoms with Crippen LogP contribution in [0.15, 0.2) is 65.8 Å². The van der Waals surface area contributed by atoms with Crippen LogP contribution < -0.4 is 5.32 Å². The molecule has 2 aromatic carbocycles. The lowest BCUT2D eigenvalue weighted by Gasteiger charge is -2.16. The van der Waals surface area contributed by atoms with Gasteiger partial charge in [0.1, 0.15) is 0 Å². The largest absolute Gasteiger partial charge is 0.342 e. The molecule has 1 aliphatic heterocycles. The normalized spacial score (nSPS) is 16.6. The first-order chi connectivity index (χ1) is 12.3. The van der Waals surface area contributed by atoms with E-state index in [0.29, 0.717) is 6.54 Å². The van der Waals surface area contributed by atoms with Crippen molar-refractivity contribution in [1.82, 2.24) is 5.01 Å². The van der Waals surface area contributed by atoms with E-state index in [0.717, 1.165) is 24.2 Å². The Bertz CT molecular complexity index is 712. The predicted octanol–water partition coefficient (Wildman–Crippen LogP) is 5.25. The van der Waals surface area contributed by atoms with E-state index in [9.17, 15) is 4.79 Å². The van der Waals surface area contributed by atoms with Gasteiger partial charge in [-0.3, -0.25) is 0 Å². The highest BCUT2D eigenvalue weighted by Crippen LogP contribution is 2.28. The fourth-order valence-corrected chi connectivity index (χ4v) is 3.15. The summed E-state index contributed by atoms with van der Waals surface area (Å²) in [6.07, 6.45) is 4.44. The van der Waals surface area contributed by atoms with Gasteiger partial charge in [-0.1, -0.05) is 68.3 Å². The van der Waals surface area contributed by atoms with Crippen LogP contribution in [0.2, 0.25) is 0 Å². The molecule has 0 radical (unpaired) electrons. The minimum absolute atomic E-state index is 0.169. The van der Waals surface area contributed by atoms with Crippen LogP contribution in [0.4, 0.5) is 10.5 Å². The van der Waals surface area contributed by atoms with Crippen molar-refractivity contribution in [1.29, 1.82) is 0 Å². The number of benzene rings is 2. The topological polar surface area (TPSA) is 44.7 Å². The highest BCUT2D eigenvalue weighted by molar-refractivity contribution is 5.97. The van der Waals surface area contributed by atoms with Gasteiger partial charge in [-0.05, 0) is 30.5 Å². The second kappa shape index (κ2) is 8.47. The van der Waals surface area contributed by atoms with Crippen molar-refractivity contribution < 1.29 is 4.79 Å². The van der Waals surface area contributed by atoms with E-state index in [1.54, 1.807) is 5.01 Å². The molecule has 0 aliphatic carbocycles. The van der Waals surface area contributed by atoms with Crippen LogP contribution in [0.3, 0.4) is 0 Å². The molecular formula is C21H25N3O. The Morgan fingerprint density at radius 2 is 1.76 bits per heavy atom. The van der Waals surface area contributed by atoms with Crippen LogP contribution in [-0.2, 0) is 0 Å². The average Bonchev–Trinajstić information content (AvgIpc) is 3.08. The quantitative estimate of drug-likeness (QED) is 0.720. The third kappa shape index (κ3) is 4.47. The number of carbonyl (C=O) groups excluding carboxylic acids is 1. The molecule has 0 spiro atoms. The van der Waals surface area contributed by atoms with E-state index >= 15 is 0 Å². The summed E-state index contributed by atoms with van der Waals surface area (Å²) in [5, 5.41) is 9.15. The minimum Gasteiger partial charge on any atom is -0.306 e. The van der Waals surface area contributed by atoms with Gasteiger partial charge in [-0.15, -0.1) is 0 Å². The minimum atomic E-state index is -0.169. The first kappa shape index (κ1) is 17.2. The molecule has 1 aliphatic rings. The fraction of sp³-hybridized carbons (Fsp3) is 0.333. The molecule has 4 nitrogen and oxygen atoms in total. The van der Waals surface area contributed by atoms with Crippen molar-refractivity contribution in [3.63, 3.8) is 0 Å². The summed E-state index contributed by atoms with van der Waals surface area (Å²) < 4.78 is 0. The molecular weight excluding hydrogens is 310 g/mol. The number of urea groups is 1. The molecule has 0 bridgehead atoms. The molecule has 1 heterocycles. The highest BCUT2D eigenvalue weighted by Gasteiger charge is 2.30. The van der Waals surface area contributed by atoms with Crippen LogP contribution in [0.1, 0.15) is 44.1 Å². The number of rotatable bonds is 6. The number of amides is 2. The van der Waals surface area contributed by atoms with Crippen molar-refractivity contribution in [2.75, 3.05) is 11.9 Å². The number of hydrogen-bond donors (Lipinski definition) is 1. The zero-order chi connectivity index (χ0) is 17.5. The number of carbonyl (C=O) groups is 1. The SMILES string of the molecule is CCCCCC1=NN(C(=O)Nc2ccccc2)CC1c1ccccc1. The summed E-state index contributed by atoms with van der Waals surface area (Å²) in [4.78, 5) is 12.6. The Hall–Kier alpha value is -2.62. The average molecular weight is 335 g/mol. The van der Waals surface area contributed by atoms with Crippen molar-refractivity contribution in [2.45, 2.75) is 38.5 Å². The Balaban J connectivity index is 1.73. The van der Waals surface area contributed by atoms with Gasteiger partial charge < -0.3 is 5.32 Å². The van der Waals surface area contributed by atoms with E-state index in [1.807, 2.05) is 48.5 Å². The van der Waals surface area contributed by atoms with Crippen LogP contribution >= 0.6 is 0 Å². The molecule has 0 fully saturated rings. The Morgan fingerprint density at radius 1 is 1.08 bits per heavy atom. The Kier molecular flexibility index (Phi) is 5.83. The maximum Gasteiger partial charge on any atom is 0.342 e. The highest BCUT2D eigenvalue weighted by atomic mass is 16.2. The number of hydrogen-bond acceptors (Lipinski definition) is 2. The molecule has 3 rings (SSSR count). The van der Waals surface area contributed by atoms with Gasteiger partial charge >= 0.3 is 6.03 Å². The van der Waals surface area contributed by atoms with Crippen molar-refractivity contribution >= 4 is 17.4 Å². The molecule has 0 aromatic heterocycles. The number of anilines is 1. The first-order valence-electron chi connectivity index (χ1n) is 9.04. The van der Waals surface area contributed by atoms with Gasteiger partial charge in [-0.25, -0.2) is 9.80 Å². The monoisotopic (exact) mass is 335 g/mol. The summed E-state index contributed by atoms with van der Waals surface area (Å²) in [6.45, 7) is 2.80. The number of para-hydroxylation sites is 1. The van der Waals surface area contributed by atoms with Gasteiger partial charge in [0, 0.05) is 17.3 Å². The van der Waals surface area contributed by atoms with Crippen LogP contribution in [0.25, 0.3) is 0 Å². The second-order valence-electron chi connectivity index (χ2n) is 6.39. The number of nitrogens with zero attached hydrogens (tertiary/aromatic N) is 2. The standard InChI is InChI=1S/C21H25N3O/c1-2-3-6-15-20-19(17-11-7-4-8-12-17)16-24(23-20)21(25)22-18-13-9-5-10-14-18/h4-5,7-14,19H,2-3,6,15-16H2,1H3,(H,22,25). The smallest absolute Gasteiger partial charge is 0.306 e. The maximum absolute atomic E-state index is 12.6. The lowest BCUT2D eigenvalue weighted by atomic mass is 9.92. The molecule has 2 amide bonds. The van der Waals surface area contributed by atoms with Crippen molar-refractivity contribution in [2.24, 2.45) is 5.10 Å². The summed E-state index contributed by atoms with van der Waals surface area (Å²) >= 11 is 0. The van der Waals surface area contributed by atoms with Gasteiger partial charge in [-0.2, -0.15) is 5.10 Å². The van der Waals surface area contributed by atoms with Crippen LogP contribution in [0.5, 0.6) is 0 Å². The Morgan fingerprint density at radius 3 is 2.44 bits per heavy atom. The zero-order valence-corrected chi connectivity index (χ0v) is 14.7. The Labute approximate surface area is 149 Å². The molecule has 1 atom stereocenters. The fourth-order valence-electron chi connectivity index (χ4n) is 3.15. The molecule has 4 heteroatoms. The third-order valence-corrected chi connectivity index (χ3v) is 4.50. The summed E-state index contributed by atoms with van der Waals surface area (Å²) in [5.74, 6) is 0.194. The number of hydrazone groups is 1. The first-order valence-corrected chi connectivity index (χ1v) is 9.04. The van der Waals surface area contributed by atoms with E-state index in [4.69, 9.17) is 0 Å². The van der Waals surface area contributed by atoms with Gasteiger partial charge in [0.2, 0.25) is 0 Å². The van der Waals surface area contributed by atoms with Gasteiger partial charge in [0.25, 0.3) is 0 Å². The van der Waals surface area contributed by atoms with E-state index in [2.05, 4.69) is 29.5 Å². The third-order valence-electron chi connectivity index (χ3n) is 4.50. The molecule has 1 unspecified atom stereocenters.